The average molecular weight is 162 g/mol. The molecule has 2 heterocycles. The van der Waals surface area contributed by atoms with Crippen molar-refractivity contribution in [3.05, 3.63) is 30.1 Å². The molecule has 1 N–H and O–H groups in total. The smallest absolute Gasteiger partial charge is 0.0475 e. The lowest BCUT2D eigenvalue weighted by molar-refractivity contribution is 0.508. The second-order valence-corrected chi connectivity index (χ2v) is 3.70. The van der Waals surface area contributed by atoms with Crippen molar-refractivity contribution < 1.29 is 0 Å². The summed E-state index contributed by atoms with van der Waals surface area (Å²) in [6.07, 6.45) is 3.07. The van der Waals surface area contributed by atoms with E-state index >= 15 is 0 Å². The third kappa shape index (κ3) is 1.23. The van der Waals surface area contributed by atoms with Gasteiger partial charge in [-0.1, -0.05) is 13.0 Å². The molecule has 1 aliphatic heterocycles. The molecule has 2 heteroatoms. The van der Waals surface area contributed by atoms with Gasteiger partial charge in [0.25, 0.3) is 0 Å². The summed E-state index contributed by atoms with van der Waals surface area (Å²) in [5, 5.41) is 3.37. The van der Waals surface area contributed by atoms with E-state index in [1.807, 2.05) is 12.3 Å². The van der Waals surface area contributed by atoms with Crippen LogP contribution in [0, 0.1) is 0 Å². The Morgan fingerprint density at radius 1 is 1.50 bits per heavy atom. The molecule has 1 aromatic heterocycles. The lowest BCUT2D eigenvalue weighted by atomic mass is 9.86. The van der Waals surface area contributed by atoms with Gasteiger partial charge in [0.2, 0.25) is 0 Å². The van der Waals surface area contributed by atoms with Crippen LogP contribution < -0.4 is 5.32 Å². The van der Waals surface area contributed by atoms with E-state index in [4.69, 9.17) is 0 Å². The van der Waals surface area contributed by atoms with E-state index in [-0.39, 0.29) is 5.41 Å². The molecule has 12 heavy (non-hydrogen) atoms. The molecule has 1 aromatic rings. The number of hydrogen-bond donors (Lipinski definition) is 1. The fraction of sp³-hybridized carbons (Fsp3) is 0.500. The Kier molecular flexibility index (Phi) is 1.85. The molecule has 0 saturated carbocycles. The first-order valence-electron chi connectivity index (χ1n) is 4.43. The summed E-state index contributed by atoms with van der Waals surface area (Å²) in [4.78, 5) is 4.39. The number of pyridine rings is 1. The van der Waals surface area contributed by atoms with E-state index in [2.05, 4.69) is 29.4 Å². The molecule has 0 unspecified atom stereocenters. The van der Waals surface area contributed by atoms with Crippen molar-refractivity contribution in [2.45, 2.75) is 18.8 Å². The second kappa shape index (κ2) is 2.87. The standard InChI is InChI=1S/C10H14N2/c1-10(5-7-11-8-10)9-4-2-3-6-12-9/h2-4,6,11H,5,7-8H2,1H3/t10-/m0/s1. The van der Waals surface area contributed by atoms with E-state index in [0.717, 1.165) is 13.1 Å². The molecule has 0 spiro atoms. The first-order chi connectivity index (χ1) is 5.81. The van der Waals surface area contributed by atoms with Crippen molar-refractivity contribution in [2.75, 3.05) is 13.1 Å². The highest BCUT2D eigenvalue weighted by Crippen LogP contribution is 2.27. The van der Waals surface area contributed by atoms with Gasteiger partial charge in [0, 0.05) is 23.9 Å². The largest absolute Gasteiger partial charge is 0.316 e. The molecular weight excluding hydrogens is 148 g/mol. The van der Waals surface area contributed by atoms with Crippen LogP contribution in [-0.4, -0.2) is 18.1 Å². The van der Waals surface area contributed by atoms with Crippen LogP contribution in [0.3, 0.4) is 0 Å². The number of nitrogens with zero attached hydrogens (tertiary/aromatic N) is 1. The van der Waals surface area contributed by atoms with Crippen LogP contribution in [0.5, 0.6) is 0 Å². The molecule has 0 amide bonds. The van der Waals surface area contributed by atoms with E-state index in [1.165, 1.54) is 12.1 Å². The van der Waals surface area contributed by atoms with Gasteiger partial charge in [0.05, 0.1) is 0 Å². The summed E-state index contributed by atoms with van der Waals surface area (Å²) in [7, 11) is 0. The molecule has 0 radical (unpaired) electrons. The SMILES string of the molecule is C[C@]1(c2ccccn2)CCNC1. The highest BCUT2D eigenvalue weighted by atomic mass is 14.9. The molecular formula is C10H14N2. The maximum Gasteiger partial charge on any atom is 0.0475 e. The van der Waals surface area contributed by atoms with Gasteiger partial charge < -0.3 is 5.32 Å². The van der Waals surface area contributed by atoms with Gasteiger partial charge >= 0.3 is 0 Å². The summed E-state index contributed by atoms with van der Waals surface area (Å²) in [5.41, 5.74) is 1.48. The number of nitrogens with one attached hydrogen (secondary N) is 1. The van der Waals surface area contributed by atoms with Gasteiger partial charge in [0.1, 0.15) is 0 Å². The molecule has 1 fully saturated rings. The van der Waals surface area contributed by atoms with Gasteiger partial charge in [-0.05, 0) is 25.1 Å². The zero-order valence-electron chi connectivity index (χ0n) is 7.38. The quantitative estimate of drug-likeness (QED) is 0.674. The van der Waals surface area contributed by atoms with Gasteiger partial charge in [-0.2, -0.15) is 0 Å². The van der Waals surface area contributed by atoms with Crippen LogP contribution in [0.4, 0.5) is 0 Å². The van der Waals surface area contributed by atoms with Gasteiger partial charge in [-0.15, -0.1) is 0 Å². The van der Waals surface area contributed by atoms with Crippen molar-refractivity contribution >= 4 is 0 Å². The molecule has 0 aromatic carbocycles. The topological polar surface area (TPSA) is 24.9 Å². The molecule has 1 aliphatic rings. The Labute approximate surface area is 73.0 Å². The summed E-state index contributed by atoms with van der Waals surface area (Å²) in [6.45, 7) is 4.45. The van der Waals surface area contributed by atoms with Gasteiger partial charge in [-0.25, -0.2) is 0 Å². The molecule has 0 aliphatic carbocycles. The lowest BCUT2D eigenvalue weighted by Crippen LogP contribution is -2.25. The minimum atomic E-state index is 0.265. The van der Waals surface area contributed by atoms with Crippen molar-refractivity contribution in [3.63, 3.8) is 0 Å². The van der Waals surface area contributed by atoms with Crippen LogP contribution in [0.2, 0.25) is 0 Å². The lowest BCUT2D eigenvalue weighted by Gasteiger charge is -2.21. The Hall–Kier alpha value is -0.890. The molecule has 1 saturated heterocycles. The summed E-state index contributed by atoms with van der Waals surface area (Å²) in [5.74, 6) is 0. The molecule has 1 atom stereocenters. The van der Waals surface area contributed by atoms with E-state index in [9.17, 15) is 0 Å². The van der Waals surface area contributed by atoms with Crippen molar-refractivity contribution in [1.29, 1.82) is 0 Å². The highest BCUT2D eigenvalue weighted by molar-refractivity contribution is 5.18. The van der Waals surface area contributed by atoms with Crippen LogP contribution >= 0.6 is 0 Å². The summed E-state index contributed by atoms with van der Waals surface area (Å²) >= 11 is 0. The zero-order valence-corrected chi connectivity index (χ0v) is 7.38. The zero-order chi connectivity index (χ0) is 8.44. The normalized spacial score (nSPS) is 29.1. The number of hydrogen-bond acceptors (Lipinski definition) is 2. The Bertz CT molecular complexity index is 250. The highest BCUT2D eigenvalue weighted by Gasteiger charge is 2.31. The maximum absolute atomic E-state index is 4.39. The van der Waals surface area contributed by atoms with E-state index in [0.29, 0.717) is 0 Å². The number of aromatic nitrogens is 1. The fourth-order valence-corrected chi connectivity index (χ4v) is 1.76. The predicted octanol–water partition coefficient (Wildman–Crippen LogP) is 1.33. The third-order valence-corrected chi connectivity index (χ3v) is 2.65. The van der Waals surface area contributed by atoms with Gasteiger partial charge in [0.15, 0.2) is 0 Å². The van der Waals surface area contributed by atoms with Crippen LogP contribution in [-0.2, 0) is 5.41 Å². The van der Waals surface area contributed by atoms with Crippen LogP contribution in [0.25, 0.3) is 0 Å². The first-order valence-corrected chi connectivity index (χ1v) is 4.43. The molecule has 2 nitrogen and oxygen atoms in total. The van der Waals surface area contributed by atoms with Crippen molar-refractivity contribution in [1.82, 2.24) is 10.3 Å². The molecule has 64 valence electrons. The third-order valence-electron chi connectivity index (χ3n) is 2.65. The number of rotatable bonds is 1. The second-order valence-electron chi connectivity index (χ2n) is 3.70. The van der Waals surface area contributed by atoms with E-state index in [1.54, 1.807) is 0 Å². The van der Waals surface area contributed by atoms with Crippen LogP contribution in [0.15, 0.2) is 24.4 Å². The maximum atomic E-state index is 4.39. The minimum Gasteiger partial charge on any atom is -0.316 e. The van der Waals surface area contributed by atoms with Crippen molar-refractivity contribution in [3.8, 4) is 0 Å². The minimum absolute atomic E-state index is 0.265. The fourth-order valence-electron chi connectivity index (χ4n) is 1.76. The Balaban J connectivity index is 2.29. The average Bonchev–Trinajstić information content (AvgIpc) is 2.55. The summed E-state index contributed by atoms with van der Waals surface area (Å²) < 4.78 is 0. The molecule has 0 bridgehead atoms. The first kappa shape index (κ1) is 7.74. The monoisotopic (exact) mass is 162 g/mol. The Morgan fingerprint density at radius 3 is 3.00 bits per heavy atom. The van der Waals surface area contributed by atoms with Crippen LogP contribution in [0.1, 0.15) is 19.0 Å². The Morgan fingerprint density at radius 2 is 2.42 bits per heavy atom. The summed E-state index contributed by atoms with van der Waals surface area (Å²) in [6, 6.07) is 6.15. The predicted molar refractivity (Wildman–Crippen MR) is 49.1 cm³/mol. The molecule has 2 rings (SSSR count). The van der Waals surface area contributed by atoms with Gasteiger partial charge in [-0.3, -0.25) is 4.98 Å². The van der Waals surface area contributed by atoms with E-state index < -0.39 is 0 Å². The van der Waals surface area contributed by atoms with Crippen molar-refractivity contribution in [2.24, 2.45) is 0 Å².